The van der Waals surface area contributed by atoms with Gasteiger partial charge < -0.3 is 14.4 Å². The highest BCUT2D eigenvalue weighted by Crippen LogP contribution is 2.48. The average molecular weight is 1400 g/mol. The van der Waals surface area contributed by atoms with Crippen LogP contribution < -0.4 is 26.2 Å². The highest BCUT2D eigenvalue weighted by molar-refractivity contribution is 14.1. The first kappa shape index (κ1) is 55.4. The summed E-state index contributed by atoms with van der Waals surface area (Å²) < 4.78 is 4.71. The third-order valence-electron chi connectivity index (χ3n) is 18.0. The average Bonchev–Trinajstić information content (AvgIpc) is 0.718. The highest BCUT2D eigenvalue weighted by Gasteiger charge is 2.44. The maximum absolute atomic E-state index is 10.6. The maximum atomic E-state index is 10.6. The fraction of sp³-hybridized carbons (Fsp3) is 0. The van der Waals surface area contributed by atoms with Gasteiger partial charge in [0.15, 0.2) is 17.5 Å². The second kappa shape index (κ2) is 23.0. The van der Waals surface area contributed by atoms with Crippen molar-refractivity contribution in [1.82, 2.24) is 19.5 Å². The van der Waals surface area contributed by atoms with Crippen LogP contribution in [0.25, 0.3) is 106 Å². The van der Waals surface area contributed by atoms with E-state index in [1.54, 1.807) is 0 Å². The van der Waals surface area contributed by atoms with Gasteiger partial charge in [0.2, 0.25) is 0 Å². The summed E-state index contributed by atoms with van der Waals surface area (Å²) in [5.41, 5.74) is 25.3. The lowest BCUT2D eigenvalue weighted by Crippen LogP contribution is -2.61. The third kappa shape index (κ3) is 9.66. The van der Waals surface area contributed by atoms with Crippen LogP contribution in [0.15, 0.2) is 303 Å². The molecule has 0 aliphatic carbocycles. The van der Waals surface area contributed by atoms with Gasteiger partial charge in [-0.25, -0.2) is 15.0 Å². The summed E-state index contributed by atoms with van der Waals surface area (Å²) >= 11 is 4.99. The van der Waals surface area contributed by atoms with E-state index in [1.165, 1.54) is 34.7 Å². The largest absolute Gasteiger partial charge is 0.311 e. The summed E-state index contributed by atoms with van der Waals surface area (Å²) in [7, 11) is 0. The molecule has 2 aliphatic heterocycles. The van der Waals surface area contributed by atoms with Gasteiger partial charge in [-0.2, -0.15) is 5.26 Å². The summed E-state index contributed by atoms with van der Waals surface area (Å²) in [5, 5.41) is 12.8. The van der Waals surface area contributed by atoms with Gasteiger partial charge >= 0.3 is 0 Å². The van der Waals surface area contributed by atoms with Crippen LogP contribution in [0, 0.1) is 18.5 Å². The van der Waals surface area contributed by atoms with Crippen LogP contribution in [-0.2, 0) is 0 Å². The van der Waals surface area contributed by atoms with Crippen molar-refractivity contribution in [1.29, 1.82) is 5.26 Å². The standard InChI is InChI=1S/C82H50BI2N7/c84-63-33-42-74-70(49-63)83-71-50-64(85)34-43-75(71)91(66-37-29-57(30-38-66)54-18-8-2-9-19-54)78-48-62(47-77(79(78)83)90(74)65-35-27-56(28-36-65)53-16-6-1-7-17-53)60-32-41-72-68(45-60)67-39-31-61(55-20-10-3-11-21-55)46-76(67)92(72)73-40-26-52(51-86)44-69(73)82-88-80(58-22-12-4-13-23-58)87-81(89-82)59-24-14-5-15-25-59/h1-50H. The number of hydrogen-bond acceptors (Lipinski definition) is 6. The minimum Gasteiger partial charge on any atom is -0.311 e. The number of anilines is 6. The van der Waals surface area contributed by atoms with E-state index in [4.69, 9.17) is 15.0 Å². The number of benzene rings is 13. The molecule has 0 atom stereocenters. The normalized spacial score (nSPS) is 12.2. The number of rotatable bonds is 10. The van der Waals surface area contributed by atoms with Gasteiger partial charge in [0.25, 0.3) is 6.71 Å². The molecule has 4 heterocycles. The second-order valence-corrected chi connectivity index (χ2v) is 25.8. The molecule has 92 heavy (non-hydrogen) atoms. The lowest BCUT2D eigenvalue weighted by molar-refractivity contribution is 1.06. The van der Waals surface area contributed by atoms with Gasteiger partial charge in [-0.15, -0.1) is 0 Å². The number of fused-ring (bicyclic) bond motifs is 7. The predicted molar refractivity (Wildman–Crippen MR) is 396 cm³/mol. The molecule has 0 unspecified atom stereocenters. The molecule has 0 bridgehead atoms. The van der Waals surface area contributed by atoms with Crippen molar-refractivity contribution in [3.05, 3.63) is 316 Å². The number of nitrogens with zero attached hydrogens (tertiary/aromatic N) is 7. The Kier molecular flexibility index (Phi) is 13.8. The van der Waals surface area contributed by atoms with E-state index in [0.717, 1.165) is 106 Å². The quantitative estimate of drug-likeness (QED) is 0.100. The van der Waals surface area contributed by atoms with Crippen LogP contribution in [0.2, 0.25) is 0 Å². The van der Waals surface area contributed by atoms with Crippen molar-refractivity contribution < 1.29 is 0 Å². The Morgan fingerprint density at radius 3 is 1.24 bits per heavy atom. The van der Waals surface area contributed by atoms with E-state index in [-0.39, 0.29) is 6.71 Å². The first-order chi connectivity index (χ1) is 45.4. The maximum Gasteiger partial charge on any atom is 0.252 e. The SMILES string of the molecule is N#Cc1ccc(-n2c3ccc(-c4cc5c6c(c4)N(c4ccc(-c7ccccc7)cc4)c4ccc(I)cc4B6c4cc(I)ccc4N5c4ccc(-c5ccccc5)cc4)cc3c3ccc(-c4ccccc4)cc32)c(-c2nc(-c3ccccc3)nc(-c3ccccc3)n2)c1. The zero-order valence-electron chi connectivity index (χ0n) is 49.3. The van der Waals surface area contributed by atoms with Crippen molar-refractivity contribution in [2.45, 2.75) is 0 Å². The van der Waals surface area contributed by atoms with Gasteiger partial charge in [0.1, 0.15) is 0 Å². The van der Waals surface area contributed by atoms with E-state index in [0.29, 0.717) is 28.6 Å². The summed E-state index contributed by atoms with van der Waals surface area (Å²) in [5.74, 6) is 1.54. The van der Waals surface area contributed by atoms with E-state index in [2.05, 4.69) is 290 Å². The zero-order chi connectivity index (χ0) is 61.4. The number of nitriles is 1. The van der Waals surface area contributed by atoms with Gasteiger partial charge in [-0.05, 0) is 203 Å². The Bertz CT molecular complexity index is 5210. The Morgan fingerprint density at radius 2 is 0.739 bits per heavy atom. The fourth-order valence-corrected chi connectivity index (χ4v) is 14.7. The smallest absolute Gasteiger partial charge is 0.252 e. The molecule has 0 saturated carbocycles. The molecule has 0 radical (unpaired) electrons. The predicted octanol–water partition coefficient (Wildman–Crippen LogP) is 19.8. The molecule has 0 spiro atoms. The van der Waals surface area contributed by atoms with Crippen molar-refractivity contribution in [2.75, 3.05) is 9.80 Å². The van der Waals surface area contributed by atoms with Crippen LogP contribution in [0.4, 0.5) is 34.1 Å². The molecule has 0 saturated heterocycles. The summed E-state index contributed by atoms with van der Waals surface area (Å²) in [6.45, 7) is -0.0685. The number of hydrogen-bond donors (Lipinski definition) is 0. The van der Waals surface area contributed by atoms with E-state index in [1.807, 2.05) is 78.9 Å². The lowest BCUT2D eigenvalue weighted by Gasteiger charge is -2.44. The number of aromatic nitrogens is 4. The molecule has 17 rings (SSSR count). The van der Waals surface area contributed by atoms with Crippen LogP contribution in [-0.4, -0.2) is 26.2 Å². The van der Waals surface area contributed by atoms with Gasteiger partial charge in [-0.3, -0.25) is 0 Å². The molecule has 0 fully saturated rings. The summed E-state index contributed by atoms with van der Waals surface area (Å²) in [4.78, 5) is 20.6. The minimum absolute atomic E-state index is 0.0685. The van der Waals surface area contributed by atoms with Crippen molar-refractivity contribution in [3.8, 4) is 90.4 Å². The summed E-state index contributed by atoms with van der Waals surface area (Å²) in [6, 6.07) is 111. The molecular formula is C82H50BI2N7. The molecule has 13 aromatic carbocycles. The van der Waals surface area contributed by atoms with E-state index in [9.17, 15) is 5.26 Å². The van der Waals surface area contributed by atoms with E-state index < -0.39 is 0 Å². The molecular weight excluding hydrogens is 1350 g/mol. The Balaban J connectivity index is 0.915. The molecule has 2 aliphatic rings. The molecule has 430 valence electrons. The van der Waals surface area contributed by atoms with Gasteiger partial charge in [-0.1, -0.05) is 206 Å². The topological polar surface area (TPSA) is 73.9 Å². The molecule has 0 N–H and O–H groups in total. The number of halogens is 2. The second-order valence-electron chi connectivity index (χ2n) is 23.3. The monoisotopic (exact) mass is 1400 g/mol. The van der Waals surface area contributed by atoms with Crippen LogP contribution in [0.3, 0.4) is 0 Å². The zero-order valence-corrected chi connectivity index (χ0v) is 53.6. The summed E-state index contributed by atoms with van der Waals surface area (Å²) in [6.07, 6.45) is 0. The van der Waals surface area contributed by atoms with Crippen LogP contribution >= 0.6 is 45.2 Å². The van der Waals surface area contributed by atoms with Crippen molar-refractivity contribution >= 4 is 124 Å². The lowest BCUT2D eigenvalue weighted by atomic mass is 9.33. The van der Waals surface area contributed by atoms with Gasteiger partial charge in [0.05, 0.1) is 28.4 Å². The van der Waals surface area contributed by atoms with Crippen molar-refractivity contribution in [2.24, 2.45) is 0 Å². The van der Waals surface area contributed by atoms with Crippen LogP contribution in [0.1, 0.15) is 5.56 Å². The molecule has 10 heteroatoms. The van der Waals surface area contributed by atoms with E-state index >= 15 is 0 Å². The first-order valence-electron chi connectivity index (χ1n) is 30.6. The molecule has 15 aromatic rings. The molecule has 7 nitrogen and oxygen atoms in total. The Morgan fingerprint density at radius 1 is 0.315 bits per heavy atom. The fourth-order valence-electron chi connectivity index (χ4n) is 13.7. The third-order valence-corrected chi connectivity index (χ3v) is 19.3. The minimum atomic E-state index is -0.0685. The van der Waals surface area contributed by atoms with Crippen molar-refractivity contribution in [3.63, 3.8) is 0 Å². The van der Waals surface area contributed by atoms with Crippen LogP contribution in [0.5, 0.6) is 0 Å². The Labute approximate surface area is 560 Å². The first-order valence-corrected chi connectivity index (χ1v) is 32.8. The highest BCUT2D eigenvalue weighted by atomic mass is 127. The molecule has 0 amide bonds. The van der Waals surface area contributed by atoms with Gasteiger partial charge in [0, 0.05) is 68.7 Å². The molecule has 2 aromatic heterocycles. The Hall–Kier alpha value is -10.7.